The first-order valence-corrected chi connectivity index (χ1v) is 4.91. The molecule has 1 N–H and O–H groups in total. The highest BCUT2D eigenvalue weighted by Gasteiger charge is 2.21. The number of nitrogens with one attached hydrogen (secondary N) is 1. The largest absolute Gasteiger partial charge is 0.316 e. The van der Waals surface area contributed by atoms with Crippen LogP contribution in [0.15, 0.2) is 12.1 Å². The predicted molar refractivity (Wildman–Crippen MR) is 51.6 cm³/mol. The Labute approximate surface area is 86.1 Å². The molecule has 1 saturated heterocycles. The van der Waals surface area contributed by atoms with Crippen molar-refractivity contribution in [3.05, 3.63) is 34.4 Å². The number of hydrogen-bond donors (Lipinski definition) is 1. The molecule has 1 aromatic rings. The van der Waals surface area contributed by atoms with Crippen molar-refractivity contribution >= 4 is 11.6 Å². The van der Waals surface area contributed by atoms with Gasteiger partial charge in [-0.3, -0.25) is 0 Å². The second-order valence-electron chi connectivity index (χ2n) is 3.48. The lowest BCUT2D eigenvalue weighted by molar-refractivity contribution is 0.559. The van der Waals surface area contributed by atoms with Crippen LogP contribution < -0.4 is 5.32 Å². The molecular weight excluding hydrogens is 208 g/mol. The summed E-state index contributed by atoms with van der Waals surface area (Å²) in [6, 6.07) is 2.25. The van der Waals surface area contributed by atoms with Crippen LogP contribution in [0.1, 0.15) is 17.9 Å². The maximum absolute atomic E-state index is 13.4. The van der Waals surface area contributed by atoms with Crippen molar-refractivity contribution in [3.63, 3.8) is 0 Å². The first-order valence-electron chi connectivity index (χ1n) is 4.53. The molecule has 4 heteroatoms. The Morgan fingerprint density at radius 3 is 2.71 bits per heavy atom. The average Bonchev–Trinajstić information content (AvgIpc) is 2.64. The fourth-order valence-electron chi connectivity index (χ4n) is 1.77. The molecule has 0 amide bonds. The van der Waals surface area contributed by atoms with Gasteiger partial charge in [0.1, 0.15) is 11.6 Å². The molecule has 1 heterocycles. The molecule has 1 aliphatic heterocycles. The number of benzene rings is 1. The quantitative estimate of drug-likeness (QED) is 0.714. The normalized spacial score (nSPS) is 21.5. The van der Waals surface area contributed by atoms with Gasteiger partial charge in [0.25, 0.3) is 0 Å². The maximum Gasteiger partial charge on any atom is 0.144 e. The SMILES string of the molecule is Fc1cc(F)c(C2CCNC2)cc1Cl. The van der Waals surface area contributed by atoms with E-state index in [0.717, 1.165) is 25.6 Å². The molecule has 1 unspecified atom stereocenters. The maximum atomic E-state index is 13.4. The van der Waals surface area contributed by atoms with E-state index in [1.807, 2.05) is 0 Å². The lowest BCUT2D eigenvalue weighted by Crippen LogP contribution is -2.09. The molecule has 0 saturated carbocycles. The van der Waals surface area contributed by atoms with E-state index in [0.29, 0.717) is 5.56 Å². The molecule has 1 aliphatic rings. The smallest absolute Gasteiger partial charge is 0.144 e. The summed E-state index contributed by atoms with van der Waals surface area (Å²) >= 11 is 5.60. The zero-order chi connectivity index (χ0) is 10.1. The fraction of sp³-hybridized carbons (Fsp3) is 0.400. The zero-order valence-electron chi connectivity index (χ0n) is 7.49. The molecule has 76 valence electrons. The third kappa shape index (κ3) is 1.74. The minimum absolute atomic E-state index is 0.00620. The predicted octanol–water partition coefficient (Wildman–Crippen LogP) is 2.70. The van der Waals surface area contributed by atoms with Crippen LogP contribution in [0.25, 0.3) is 0 Å². The summed E-state index contributed by atoms with van der Waals surface area (Å²) in [4.78, 5) is 0. The second kappa shape index (κ2) is 3.83. The molecule has 0 radical (unpaired) electrons. The summed E-state index contributed by atoms with van der Waals surface area (Å²) in [5.74, 6) is -1.08. The topological polar surface area (TPSA) is 12.0 Å². The molecule has 1 fully saturated rings. The highest BCUT2D eigenvalue weighted by Crippen LogP contribution is 2.28. The fourth-order valence-corrected chi connectivity index (χ4v) is 1.94. The van der Waals surface area contributed by atoms with Gasteiger partial charge in [0.05, 0.1) is 5.02 Å². The average molecular weight is 218 g/mol. The van der Waals surface area contributed by atoms with E-state index in [1.54, 1.807) is 0 Å². The summed E-state index contributed by atoms with van der Waals surface area (Å²) in [5, 5.41) is 3.12. The molecule has 0 aliphatic carbocycles. The van der Waals surface area contributed by atoms with E-state index in [4.69, 9.17) is 11.6 Å². The lowest BCUT2D eigenvalue weighted by atomic mass is 9.98. The van der Waals surface area contributed by atoms with Crippen molar-refractivity contribution in [1.29, 1.82) is 0 Å². The molecule has 14 heavy (non-hydrogen) atoms. The highest BCUT2D eigenvalue weighted by atomic mass is 35.5. The van der Waals surface area contributed by atoms with Gasteiger partial charge in [-0.15, -0.1) is 0 Å². The van der Waals surface area contributed by atoms with Crippen LogP contribution in [0, 0.1) is 11.6 Å². The van der Waals surface area contributed by atoms with Gasteiger partial charge >= 0.3 is 0 Å². The van der Waals surface area contributed by atoms with Crippen LogP contribution in [-0.2, 0) is 0 Å². The molecule has 0 spiro atoms. The number of hydrogen-bond acceptors (Lipinski definition) is 1. The van der Waals surface area contributed by atoms with Crippen LogP contribution in [0.5, 0.6) is 0 Å². The van der Waals surface area contributed by atoms with Crippen molar-refractivity contribution in [2.24, 2.45) is 0 Å². The Kier molecular flexibility index (Phi) is 2.70. The Hall–Kier alpha value is -0.670. The van der Waals surface area contributed by atoms with Gasteiger partial charge in [-0.05, 0) is 24.6 Å². The van der Waals surface area contributed by atoms with Crippen molar-refractivity contribution in [1.82, 2.24) is 5.32 Å². The van der Waals surface area contributed by atoms with E-state index in [1.165, 1.54) is 6.07 Å². The minimum atomic E-state index is -0.695. The molecule has 2 rings (SSSR count). The van der Waals surface area contributed by atoms with Crippen molar-refractivity contribution in [2.45, 2.75) is 12.3 Å². The molecule has 1 nitrogen and oxygen atoms in total. The first-order chi connectivity index (χ1) is 6.68. The van der Waals surface area contributed by atoms with Crippen LogP contribution >= 0.6 is 11.6 Å². The van der Waals surface area contributed by atoms with Crippen molar-refractivity contribution < 1.29 is 8.78 Å². The molecule has 0 aromatic heterocycles. The molecule has 1 atom stereocenters. The Bertz CT molecular complexity index is 348. The van der Waals surface area contributed by atoms with E-state index < -0.39 is 11.6 Å². The number of rotatable bonds is 1. The Morgan fingerprint density at radius 2 is 2.07 bits per heavy atom. The molecule has 0 bridgehead atoms. The summed E-state index contributed by atoms with van der Waals surface area (Å²) < 4.78 is 26.2. The Morgan fingerprint density at radius 1 is 1.29 bits per heavy atom. The highest BCUT2D eigenvalue weighted by molar-refractivity contribution is 6.30. The van der Waals surface area contributed by atoms with E-state index in [-0.39, 0.29) is 10.9 Å². The van der Waals surface area contributed by atoms with Crippen molar-refractivity contribution in [2.75, 3.05) is 13.1 Å². The van der Waals surface area contributed by atoms with Gasteiger partial charge in [0, 0.05) is 18.5 Å². The summed E-state index contributed by atoms with van der Waals surface area (Å²) in [7, 11) is 0. The van der Waals surface area contributed by atoms with Crippen LogP contribution in [-0.4, -0.2) is 13.1 Å². The van der Waals surface area contributed by atoms with Gasteiger partial charge in [0.2, 0.25) is 0 Å². The van der Waals surface area contributed by atoms with Gasteiger partial charge in [-0.25, -0.2) is 8.78 Å². The standard InChI is InChI=1S/C10H10ClF2N/c11-8-3-7(6-1-2-14-5-6)9(12)4-10(8)13/h3-4,6,14H,1-2,5H2. The van der Waals surface area contributed by atoms with Gasteiger partial charge in [-0.2, -0.15) is 0 Å². The second-order valence-corrected chi connectivity index (χ2v) is 3.88. The van der Waals surface area contributed by atoms with Gasteiger partial charge < -0.3 is 5.32 Å². The summed E-state index contributed by atoms with van der Waals surface area (Å²) in [6.07, 6.45) is 0.874. The lowest BCUT2D eigenvalue weighted by Gasteiger charge is -2.10. The molecule has 1 aromatic carbocycles. The summed E-state index contributed by atoms with van der Waals surface area (Å²) in [5.41, 5.74) is 0.515. The van der Waals surface area contributed by atoms with Gasteiger partial charge in [0.15, 0.2) is 0 Å². The minimum Gasteiger partial charge on any atom is -0.316 e. The van der Waals surface area contributed by atoms with Crippen molar-refractivity contribution in [3.8, 4) is 0 Å². The first kappa shape index (κ1) is 9.87. The molecular formula is C10H10ClF2N. The van der Waals surface area contributed by atoms with E-state index in [2.05, 4.69) is 5.32 Å². The summed E-state index contributed by atoms with van der Waals surface area (Å²) in [6.45, 7) is 1.61. The van der Waals surface area contributed by atoms with E-state index in [9.17, 15) is 8.78 Å². The van der Waals surface area contributed by atoms with Crippen LogP contribution in [0.2, 0.25) is 5.02 Å². The zero-order valence-corrected chi connectivity index (χ0v) is 8.24. The third-order valence-corrected chi connectivity index (χ3v) is 2.83. The van der Waals surface area contributed by atoms with Gasteiger partial charge in [-0.1, -0.05) is 11.6 Å². The third-order valence-electron chi connectivity index (χ3n) is 2.54. The van der Waals surface area contributed by atoms with Crippen LogP contribution in [0.4, 0.5) is 8.78 Å². The van der Waals surface area contributed by atoms with Crippen LogP contribution in [0.3, 0.4) is 0 Å². The monoisotopic (exact) mass is 217 g/mol. The van der Waals surface area contributed by atoms with E-state index >= 15 is 0 Å². The Balaban J connectivity index is 2.37. The number of halogens is 3.